The number of nitriles is 1. The highest BCUT2D eigenvalue weighted by molar-refractivity contribution is 6.11. The molecule has 0 bridgehead atoms. The van der Waals surface area contributed by atoms with Crippen LogP contribution < -0.4 is 10.1 Å². The van der Waals surface area contributed by atoms with Crippen LogP contribution in [-0.2, 0) is 11.2 Å². The summed E-state index contributed by atoms with van der Waals surface area (Å²) in [4.78, 5) is 12.7. The number of nitrogens with zero attached hydrogens (tertiary/aromatic N) is 1. The molecule has 0 aromatic heterocycles. The van der Waals surface area contributed by atoms with Gasteiger partial charge in [0.15, 0.2) is 0 Å². The number of hydrogen-bond donors (Lipinski definition) is 1. The Morgan fingerprint density at radius 2 is 1.82 bits per heavy atom. The summed E-state index contributed by atoms with van der Waals surface area (Å²) >= 11 is 0. The van der Waals surface area contributed by atoms with Crippen molar-refractivity contribution in [3.63, 3.8) is 0 Å². The van der Waals surface area contributed by atoms with Crippen molar-refractivity contribution in [2.24, 2.45) is 0 Å². The molecule has 3 aromatic rings. The summed E-state index contributed by atoms with van der Waals surface area (Å²) in [5.41, 5.74) is 2.60. The molecule has 0 heterocycles. The van der Waals surface area contributed by atoms with Crippen LogP contribution in [0.4, 0.5) is 5.69 Å². The molecule has 0 spiro atoms. The summed E-state index contributed by atoms with van der Waals surface area (Å²) in [6.07, 6.45) is 2.53. The fraction of sp³-hybridized carbons (Fsp3) is 0.167. The van der Waals surface area contributed by atoms with Crippen LogP contribution in [0.2, 0.25) is 0 Å². The first kappa shape index (κ1) is 19.2. The van der Waals surface area contributed by atoms with Crippen LogP contribution in [0, 0.1) is 11.3 Å². The number of benzene rings is 3. The van der Waals surface area contributed by atoms with Crippen LogP contribution in [-0.4, -0.2) is 12.5 Å². The van der Waals surface area contributed by atoms with Crippen molar-refractivity contribution in [2.45, 2.75) is 20.3 Å². The average Bonchev–Trinajstić information content (AvgIpc) is 2.73. The Balaban J connectivity index is 1.98. The number of ether oxygens (including phenoxy) is 1. The molecule has 3 rings (SSSR count). The molecule has 0 saturated carbocycles. The smallest absolute Gasteiger partial charge is 0.266 e. The second-order valence-electron chi connectivity index (χ2n) is 6.31. The van der Waals surface area contributed by atoms with Crippen molar-refractivity contribution < 1.29 is 9.53 Å². The predicted octanol–water partition coefficient (Wildman–Crippen LogP) is 5.35. The zero-order valence-corrected chi connectivity index (χ0v) is 16.0. The molecule has 1 amide bonds. The molecule has 0 aliphatic heterocycles. The number of anilines is 1. The number of fused-ring (bicyclic) bond motifs is 1. The van der Waals surface area contributed by atoms with E-state index in [0.29, 0.717) is 18.0 Å². The average molecular weight is 370 g/mol. The molecule has 0 atom stereocenters. The summed E-state index contributed by atoms with van der Waals surface area (Å²) in [5.74, 6) is 0.205. The fourth-order valence-corrected chi connectivity index (χ4v) is 3.02. The van der Waals surface area contributed by atoms with Gasteiger partial charge in [-0.1, -0.05) is 49.4 Å². The molecule has 0 aliphatic rings. The number of rotatable bonds is 6. The molecule has 140 valence electrons. The van der Waals surface area contributed by atoms with Crippen LogP contribution in [0.5, 0.6) is 5.75 Å². The van der Waals surface area contributed by atoms with E-state index in [1.54, 1.807) is 6.08 Å². The van der Waals surface area contributed by atoms with Gasteiger partial charge in [-0.2, -0.15) is 5.26 Å². The third kappa shape index (κ3) is 4.21. The Morgan fingerprint density at radius 1 is 1.07 bits per heavy atom. The lowest BCUT2D eigenvalue weighted by molar-refractivity contribution is -0.112. The first-order valence-corrected chi connectivity index (χ1v) is 9.33. The van der Waals surface area contributed by atoms with Gasteiger partial charge in [-0.3, -0.25) is 4.79 Å². The molecule has 0 radical (unpaired) electrons. The second-order valence-corrected chi connectivity index (χ2v) is 6.31. The number of carbonyl (C=O) groups excluding carboxylic acids is 1. The maximum Gasteiger partial charge on any atom is 0.266 e. The SMILES string of the molecule is CCOc1ccc2ccccc2c1C=C(C#N)C(=O)Nc1ccc(CC)cc1. The number of amides is 1. The second kappa shape index (κ2) is 8.88. The Labute approximate surface area is 165 Å². The molecule has 0 fully saturated rings. The van der Waals surface area contributed by atoms with E-state index in [9.17, 15) is 10.1 Å². The third-order valence-electron chi connectivity index (χ3n) is 4.50. The highest BCUT2D eigenvalue weighted by Gasteiger charge is 2.13. The van der Waals surface area contributed by atoms with Crippen LogP contribution >= 0.6 is 0 Å². The van der Waals surface area contributed by atoms with Crippen molar-refractivity contribution >= 4 is 28.4 Å². The zero-order valence-electron chi connectivity index (χ0n) is 16.0. The molecule has 0 saturated heterocycles. The Bertz CT molecular complexity index is 1060. The van der Waals surface area contributed by atoms with E-state index < -0.39 is 5.91 Å². The normalized spacial score (nSPS) is 11.1. The molecule has 0 unspecified atom stereocenters. The van der Waals surface area contributed by atoms with Crippen LogP contribution in [0.1, 0.15) is 25.0 Å². The van der Waals surface area contributed by atoms with E-state index in [0.717, 1.165) is 22.8 Å². The minimum Gasteiger partial charge on any atom is -0.493 e. The highest BCUT2D eigenvalue weighted by atomic mass is 16.5. The largest absolute Gasteiger partial charge is 0.493 e. The Kier molecular flexibility index (Phi) is 6.08. The van der Waals surface area contributed by atoms with Gasteiger partial charge in [0.1, 0.15) is 17.4 Å². The highest BCUT2D eigenvalue weighted by Crippen LogP contribution is 2.30. The van der Waals surface area contributed by atoms with Gasteiger partial charge < -0.3 is 10.1 Å². The molecule has 3 aromatic carbocycles. The van der Waals surface area contributed by atoms with E-state index in [4.69, 9.17) is 4.74 Å². The fourth-order valence-electron chi connectivity index (χ4n) is 3.02. The Hall–Kier alpha value is -3.58. The minimum absolute atomic E-state index is 0.0249. The summed E-state index contributed by atoms with van der Waals surface area (Å²) in [6.45, 7) is 4.47. The standard InChI is InChI=1S/C24H22N2O2/c1-3-17-9-12-20(13-10-17)26-24(27)19(16-25)15-22-21-8-6-5-7-18(21)11-14-23(22)28-4-2/h5-15H,3-4H2,1-2H3,(H,26,27). The molecular weight excluding hydrogens is 348 g/mol. The number of aryl methyl sites for hydroxylation is 1. The predicted molar refractivity (Wildman–Crippen MR) is 113 cm³/mol. The van der Waals surface area contributed by atoms with Gasteiger partial charge in [-0.05, 0) is 54.0 Å². The Morgan fingerprint density at radius 3 is 2.50 bits per heavy atom. The molecule has 0 aliphatic carbocycles. The van der Waals surface area contributed by atoms with Crippen LogP contribution in [0.3, 0.4) is 0 Å². The number of nitrogens with one attached hydrogen (secondary N) is 1. The molecular formula is C24H22N2O2. The summed E-state index contributed by atoms with van der Waals surface area (Å²) in [5, 5.41) is 14.3. The lowest BCUT2D eigenvalue weighted by Gasteiger charge is -2.11. The summed E-state index contributed by atoms with van der Waals surface area (Å²) < 4.78 is 5.73. The van der Waals surface area contributed by atoms with Gasteiger partial charge >= 0.3 is 0 Å². The first-order valence-electron chi connectivity index (χ1n) is 9.33. The van der Waals surface area contributed by atoms with E-state index in [2.05, 4.69) is 12.2 Å². The van der Waals surface area contributed by atoms with E-state index in [-0.39, 0.29) is 5.57 Å². The number of carbonyl (C=O) groups is 1. The quantitative estimate of drug-likeness (QED) is 0.470. The third-order valence-corrected chi connectivity index (χ3v) is 4.50. The first-order chi connectivity index (χ1) is 13.7. The molecule has 4 heteroatoms. The van der Waals surface area contributed by atoms with Gasteiger partial charge in [0.2, 0.25) is 0 Å². The molecule has 4 nitrogen and oxygen atoms in total. The minimum atomic E-state index is -0.442. The molecule has 28 heavy (non-hydrogen) atoms. The van der Waals surface area contributed by atoms with Crippen LogP contribution in [0.25, 0.3) is 16.8 Å². The summed E-state index contributed by atoms with van der Waals surface area (Å²) in [6, 6.07) is 21.3. The van der Waals surface area contributed by atoms with Crippen molar-refractivity contribution in [1.82, 2.24) is 0 Å². The van der Waals surface area contributed by atoms with Gasteiger partial charge in [-0.15, -0.1) is 0 Å². The van der Waals surface area contributed by atoms with Crippen molar-refractivity contribution in [1.29, 1.82) is 5.26 Å². The maximum absolute atomic E-state index is 12.7. The van der Waals surface area contributed by atoms with Crippen LogP contribution in [0.15, 0.2) is 66.2 Å². The van der Waals surface area contributed by atoms with E-state index in [1.165, 1.54) is 5.56 Å². The van der Waals surface area contributed by atoms with Gasteiger partial charge in [0, 0.05) is 11.3 Å². The van der Waals surface area contributed by atoms with E-state index in [1.807, 2.05) is 73.7 Å². The molecule has 1 N–H and O–H groups in total. The van der Waals surface area contributed by atoms with Crippen molar-refractivity contribution in [3.8, 4) is 11.8 Å². The monoisotopic (exact) mass is 370 g/mol. The van der Waals surface area contributed by atoms with E-state index >= 15 is 0 Å². The van der Waals surface area contributed by atoms with Gasteiger partial charge in [-0.25, -0.2) is 0 Å². The zero-order chi connectivity index (χ0) is 19.9. The lowest BCUT2D eigenvalue weighted by atomic mass is 10.0. The van der Waals surface area contributed by atoms with Gasteiger partial charge in [0.05, 0.1) is 6.61 Å². The number of hydrogen-bond acceptors (Lipinski definition) is 3. The van der Waals surface area contributed by atoms with Crippen molar-refractivity contribution in [2.75, 3.05) is 11.9 Å². The maximum atomic E-state index is 12.7. The topological polar surface area (TPSA) is 62.1 Å². The van der Waals surface area contributed by atoms with Crippen molar-refractivity contribution in [3.05, 3.63) is 77.4 Å². The lowest BCUT2D eigenvalue weighted by Crippen LogP contribution is -2.13. The van der Waals surface area contributed by atoms with Gasteiger partial charge in [0.25, 0.3) is 5.91 Å². The summed E-state index contributed by atoms with van der Waals surface area (Å²) in [7, 11) is 0.